The highest BCUT2D eigenvalue weighted by Crippen LogP contribution is 2.21. The molecule has 0 saturated heterocycles. The second-order valence-corrected chi connectivity index (χ2v) is 7.58. The van der Waals surface area contributed by atoms with E-state index in [1.807, 2.05) is 0 Å². The molecule has 0 heterocycles. The van der Waals surface area contributed by atoms with Crippen LogP contribution in [0.5, 0.6) is 11.5 Å². The minimum atomic E-state index is -1.14. The number of para-hydroxylation sites is 2. The van der Waals surface area contributed by atoms with Gasteiger partial charge in [-0.3, -0.25) is 24.2 Å². The maximum Gasteiger partial charge on any atom is 0.317 e. The lowest BCUT2D eigenvalue weighted by Gasteiger charge is -2.34. The summed E-state index contributed by atoms with van der Waals surface area (Å²) in [5.41, 5.74) is 0.965. The van der Waals surface area contributed by atoms with Gasteiger partial charge in [0.2, 0.25) is 0 Å². The first-order valence-electron chi connectivity index (χ1n) is 10.2. The van der Waals surface area contributed by atoms with Crippen molar-refractivity contribution in [2.75, 3.05) is 26.2 Å². The monoisotopic (exact) mass is 460 g/mol. The zero-order chi connectivity index (χ0) is 24.4. The summed E-state index contributed by atoms with van der Waals surface area (Å²) < 4.78 is 5.15. The Balaban J connectivity index is 2.33. The van der Waals surface area contributed by atoms with Crippen LogP contribution in [-0.4, -0.2) is 80.4 Å². The quantitative estimate of drug-likeness (QED) is 0.324. The SMILES string of the molecule is CC(=O)OCC(CN(CC(=O)O)Cc1ccccc1O)N(CC(=O)O)Cc1ccccc1O. The largest absolute Gasteiger partial charge is 0.508 e. The zero-order valence-corrected chi connectivity index (χ0v) is 18.3. The number of aromatic hydroxyl groups is 2. The number of carboxylic acid groups (broad SMARTS) is 2. The van der Waals surface area contributed by atoms with Gasteiger partial charge in [0.15, 0.2) is 0 Å². The molecule has 0 bridgehead atoms. The topological polar surface area (TPSA) is 148 Å². The van der Waals surface area contributed by atoms with Gasteiger partial charge in [-0.2, -0.15) is 0 Å². The van der Waals surface area contributed by atoms with E-state index in [0.717, 1.165) is 0 Å². The summed E-state index contributed by atoms with van der Waals surface area (Å²) in [6.07, 6.45) is 0. The van der Waals surface area contributed by atoms with Crippen molar-refractivity contribution in [3.63, 3.8) is 0 Å². The number of esters is 1. The smallest absolute Gasteiger partial charge is 0.317 e. The Labute approximate surface area is 191 Å². The number of rotatable bonds is 13. The van der Waals surface area contributed by atoms with Crippen LogP contribution in [0.15, 0.2) is 48.5 Å². The third kappa shape index (κ3) is 8.79. The normalized spacial score (nSPS) is 12.0. The molecule has 33 heavy (non-hydrogen) atoms. The molecule has 10 heteroatoms. The molecular weight excluding hydrogens is 432 g/mol. The molecule has 0 aliphatic carbocycles. The lowest BCUT2D eigenvalue weighted by atomic mass is 10.1. The molecule has 0 radical (unpaired) electrons. The first-order chi connectivity index (χ1) is 15.7. The predicted molar refractivity (Wildman–Crippen MR) is 118 cm³/mol. The van der Waals surface area contributed by atoms with Gasteiger partial charge in [-0.1, -0.05) is 36.4 Å². The van der Waals surface area contributed by atoms with Crippen molar-refractivity contribution in [3.8, 4) is 11.5 Å². The van der Waals surface area contributed by atoms with Crippen molar-refractivity contribution >= 4 is 17.9 Å². The Kier molecular flexibility index (Phi) is 9.64. The molecule has 2 rings (SSSR count). The Morgan fingerprint density at radius 2 is 1.36 bits per heavy atom. The number of phenolic OH excluding ortho intramolecular Hbond substituents is 2. The molecule has 0 aliphatic heterocycles. The number of carbonyl (C=O) groups is 3. The van der Waals surface area contributed by atoms with E-state index in [0.29, 0.717) is 11.1 Å². The van der Waals surface area contributed by atoms with Gasteiger partial charge in [0, 0.05) is 37.7 Å². The van der Waals surface area contributed by atoms with Crippen LogP contribution in [0, 0.1) is 0 Å². The van der Waals surface area contributed by atoms with Crippen LogP contribution in [-0.2, 0) is 32.2 Å². The molecule has 4 N–H and O–H groups in total. The van der Waals surface area contributed by atoms with Gasteiger partial charge in [-0.05, 0) is 12.1 Å². The van der Waals surface area contributed by atoms with Crippen molar-refractivity contribution in [3.05, 3.63) is 59.7 Å². The van der Waals surface area contributed by atoms with E-state index in [1.54, 1.807) is 36.4 Å². The van der Waals surface area contributed by atoms with Crippen molar-refractivity contribution in [1.82, 2.24) is 9.80 Å². The van der Waals surface area contributed by atoms with Gasteiger partial charge in [0.25, 0.3) is 0 Å². The van der Waals surface area contributed by atoms with Crippen LogP contribution in [0.2, 0.25) is 0 Å². The molecule has 10 nitrogen and oxygen atoms in total. The summed E-state index contributed by atoms with van der Waals surface area (Å²) >= 11 is 0. The number of carbonyl (C=O) groups excluding carboxylic acids is 1. The minimum Gasteiger partial charge on any atom is -0.508 e. The summed E-state index contributed by atoms with van der Waals surface area (Å²) in [4.78, 5) is 37.5. The average Bonchev–Trinajstić information content (AvgIpc) is 2.73. The maximum absolute atomic E-state index is 11.6. The van der Waals surface area contributed by atoms with Gasteiger partial charge in [-0.15, -0.1) is 0 Å². The Bertz CT molecular complexity index is 965. The predicted octanol–water partition coefficient (Wildman–Crippen LogP) is 1.50. The van der Waals surface area contributed by atoms with E-state index in [-0.39, 0.29) is 44.3 Å². The van der Waals surface area contributed by atoms with Gasteiger partial charge < -0.3 is 25.2 Å². The highest BCUT2D eigenvalue weighted by Gasteiger charge is 2.27. The summed E-state index contributed by atoms with van der Waals surface area (Å²) in [6, 6.07) is 12.2. The second kappa shape index (κ2) is 12.4. The van der Waals surface area contributed by atoms with Crippen LogP contribution in [0.4, 0.5) is 0 Å². The van der Waals surface area contributed by atoms with E-state index in [4.69, 9.17) is 4.74 Å². The molecule has 0 aromatic heterocycles. The van der Waals surface area contributed by atoms with Crippen molar-refractivity contribution in [1.29, 1.82) is 0 Å². The zero-order valence-electron chi connectivity index (χ0n) is 18.3. The molecule has 0 aliphatic rings. The van der Waals surface area contributed by atoms with Crippen LogP contribution in [0.25, 0.3) is 0 Å². The number of carboxylic acids is 2. The van der Waals surface area contributed by atoms with E-state index >= 15 is 0 Å². The summed E-state index contributed by atoms with van der Waals surface area (Å²) in [5.74, 6) is -2.83. The van der Waals surface area contributed by atoms with Crippen LogP contribution in [0.1, 0.15) is 18.1 Å². The molecule has 1 atom stereocenters. The third-order valence-electron chi connectivity index (χ3n) is 4.91. The van der Waals surface area contributed by atoms with Gasteiger partial charge in [-0.25, -0.2) is 0 Å². The van der Waals surface area contributed by atoms with Crippen molar-refractivity contribution < 1.29 is 39.5 Å². The molecule has 0 amide bonds. The van der Waals surface area contributed by atoms with E-state index in [9.17, 15) is 34.8 Å². The van der Waals surface area contributed by atoms with E-state index in [1.165, 1.54) is 28.9 Å². The average molecular weight is 460 g/mol. The fourth-order valence-electron chi connectivity index (χ4n) is 3.40. The molecule has 2 aromatic carbocycles. The van der Waals surface area contributed by atoms with Crippen LogP contribution < -0.4 is 0 Å². The Hall–Kier alpha value is -3.63. The first-order valence-corrected chi connectivity index (χ1v) is 10.2. The second-order valence-electron chi connectivity index (χ2n) is 7.58. The first kappa shape index (κ1) is 25.6. The number of phenols is 2. The molecule has 1 unspecified atom stereocenters. The number of aliphatic carboxylic acids is 2. The highest BCUT2D eigenvalue weighted by molar-refractivity contribution is 5.69. The van der Waals surface area contributed by atoms with Gasteiger partial charge >= 0.3 is 17.9 Å². The lowest BCUT2D eigenvalue weighted by molar-refractivity contribution is -0.146. The van der Waals surface area contributed by atoms with Crippen molar-refractivity contribution in [2.45, 2.75) is 26.1 Å². The fourth-order valence-corrected chi connectivity index (χ4v) is 3.40. The summed E-state index contributed by atoms with van der Waals surface area (Å²) in [5, 5.41) is 39.1. The van der Waals surface area contributed by atoms with Crippen molar-refractivity contribution in [2.24, 2.45) is 0 Å². The molecule has 178 valence electrons. The lowest BCUT2D eigenvalue weighted by Crippen LogP contribution is -2.49. The number of hydrogen-bond donors (Lipinski definition) is 4. The van der Waals surface area contributed by atoms with Gasteiger partial charge in [0.05, 0.1) is 19.1 Å². The Morgan fingerprint density at radius 1 is 0.848 bits per heavy atom. The maximum atomic E-state index is 11.6. The number of ether oxygens (including phenoxy) is 1. The Morgan fingerprint density at radius 3 is 1.85 bits per heavy atom. The van der Waals surface area contributed by atoms with Gasteiger partial charge in [0.1, 0.15) is 18.1 Å². The highest BCUT2D eigenvalue weighted by atomic mass is 16.5. The number of hydrogen-bond acceptors (Lipinski definition) is 8. The minimum absolute atomic E-state index is 0.000949. The molecule has 0 fully saturated rings. The summed E-state index contributed by atoms with van der Waals surface area (Å²) in [6.45, 7) is 0.343. The fraction of sp³-hybridized carbons (Fsp3) is 0.348. The van der Waals surface area contributed by atoms with Crippen LogP contribution >= 0.6 is 0 Å². The number of benzene rings is 2. The number of nitrogens with zero attached hydrogens (tertiary/aromatic N) is 2. The molecule has 2 aromatic rings. The molecule has 0 spiro atoms. The standard InChI is InChI=1S/C23H28N2O8/c1-16(26)33-15-19(25(14-23(31)32)11-18-7-3-5-9-21(18)28)12-24(13-22(29)30)10-17-6-2-4-8-20(17)27/h2-9,19,27-28H,10-15H2,1H3,(H,29,30)(H,31,32). The molecular formula is C23H28N2O8. The van der Waals surface area contributed by atoms with E-state index in [2.05, 4.69) is 0 Å². The molecule has 0 saturated carbocycles. The van der Waals surface area contributed by atoms with Crippen LogP contribution in [0.3, 0.4) is 0 Å². The third-order valence-corrected chi connectivity index (χ3v) is 4.91. The van der Waals surface area contributed by atoms with E-state index < -0.39 is 30.5 Å². The summed E-state index contributed by atoms with van der Waals surface area (Å²) in [7, 11) is 0.